The van der Waals surface area contributed by atoms with Gasteiger partial charge in [0.05, 0.1) is 5.69 Å². The summed E-state index contributed by atoms with van der Waals surface area (Å²) < 4.78 is 1.65. The number of aromatic nitrogens is 3. The van der Waals surface area contributed by atoms with Crippen LogP contribution in [0.25, 0.3) is 5.69 Å². The molecule has 2 rings (SSSR count). The lowest BCUT2D eigenvalue weighted by Gasteiger charge is -2.11. The summed E-state index contributed by atoms with van der Waals surface area (Å²) in [4.78, 5) is 15.7. The van der Waals surface area contributed by atoms with Crippen molar-refractivity contribution in [3.8, 4) is 5.69 Å². The average Bonchev–Trinajstić information content (AvgIpc) is 2.92. The van der Waals surface area contributed by atoms with E-state index < -0.39 is 0 Å². The Labute approximate surface area is 106 Å². The molecular formula is C13H16N4O. The second-order valence-corrected chi connectivity index (χ2v) is 4.17. The second-order valence-electron chi connectivity index (χ2n) is 4.17. The van der Waals surface area contributed by atoms with Crippen LogP contribution in [-0.4, -0.2) is 26.7 Å². The maximum atomic E-state index is 11.9. The molecule has 2 aromatic rings. The molecule has 0 saturated heterocycles. The molecule has 0 aliphatic heterocycles. The zero-order valence-corrected chi connectivity index (χ0v) is 10.5. The van der Waals surface area contributed by atoms with Crippen LogP contribution in [0.3, 0.4) is 0 Å². The fraction of sp³-hybridized carbons (Fsp3) is 0.308. The molecule has 0 radical (unpaired) electrons. The Morgan fingerprint density at radius 2 is 2.11 bits per heavy atom. The smallest absolute Gasteiger partial charge is 0.251 e. The molecule has 1 N–H and O–H groups in total. The van der Waals surface area contributed by atoms with Crippen LogP contribution in [0.15, 0.2) is 36.9 Å². The van der Waals surface area contributed by atoms with Gasteiger partial charge < -0.3 is 5.32 Å². The molecule has 5 nitrogen and oxygen atoms in total. The van der Waals surface area contributed by atoms with Crippen LogP contribution in [0.2, 0.25) is 0 Å². The van der Waals surface area contributed by atoms with Crippen LogP contribution in [0.4, 0.5) is 0 Å². The Balaban J connectivity index is 2.10. The van der Waals surface area contributed by atoms with E-state index in [-0.39, 0.29) is 11.9 Å². The first-order chi connectivity index (χ1) is 8.70. The SMILES string of the molecule is CC[C@@H](C)NC(=O)c1ccc(-n2cncn2)cc1. The predicted octanol–water partition coefficient (Wildman–Crippen LogP) is 1.80. The van der Waals surface area contributed by atoms with Crippen molar-refractivity contribution >= 4 is 5.91 Å². The molecule has 18 heavy (non-hydrogen) atoms. The maximum Gasteiger partial charge on any atom is 0.251 e. The highest BCUT2D eigenvalue weighted by molar-refractivity contribution is 5.94. The lowest BCUT2D eigenvalue weighted by Crippen LogP contribution is -2.31. The van der Waals surface area contributed by atoms with E-state index in [1.165, 1.54) is 6.33 Å². The molecule has 0 aliphatic rings. The minimum absolute atomic E-state index is 0.0468. The summed E-state index contributed by atoms with van der Waals surface area (Å²) in [7, 11) is 0. The number of carbonyl (C=O) groups excluding carboxylic acids is 1. The Bertz CT molecular complexity index is 504. The van der Waals surface area contributed by atoms with Crippen molar-refractivity contribution in [2.45, 2.75) is 26.3 Å². The van der Waals surface area contributed by atoms with E-state index in [1.807, 2.05) is 26.0 Å². The van der Waals surface area contributed by atoms with E-state index in [0.717, 1.165) is 12.1 Å². The Kier molecular flexibility index (Phi) is 3.72. The van der Waals surface area contributed by atoms with Crippen LogP contribution < -0.4 is 5.32 Å². The molecular weight excluding hydrogens is 228 g/mol. The zero-order chi connectivity index (χ0) is 13.0. The highest BCUT2D eigenvalue weighted by atomic mass is 16.1. The molecule has 0 fully saturated rings. The molecule has 0 spiro atoms. The lowest BCUT2D eigenvalue weighted by atomic mass is 10.1. The number of hydrogen-bond donors (Lipinski definition) is 1. The standard InChI is InChI=1S/C13H16N4O/c1-3-10(2)16-13(18)11-4-6-12(7-5-11)17-9-14-8-15-17/h4-10H,3H2,1-2H3,(H,16,18)/t10-/m1/s1. The Morgan fingerprint density at radius 1 is 1.39 bits per heavy atom. The first-order valence-corrected chi connectivity index (χ1v) is 5.96. The summed E-state index contributed by atoms with van der Waals surface area (Å²) in [6.45, 7) is 4.03. The molecule has 94 valence electrons. The van der Waals surface area contributed by atoms with Gasteiger partial charge in [0.15, 0.2) is 0 Å². The second kappa shape index (κ2) is 5.44. The van der Waals surface area contributed by atoms with Crippen LogP contribution >= 0.6 is 0 Å². The number of amides is 1. The molecule has 1 atom stereocenters. The van der Waals surface area contributed by atoms with Gasteiger partial charge in [-0.1, -0.05) is 6.92 Å². The number of carbonyl (C=O) groups is 1. The number of hydrogen-bond acceptors (Lipinski definition) is 3. The van der Waals surface area contributed by atoms with E-state index in [4.69, 9.17) is 0 Å². The van der Waals surface area contributed by atoms with Crippen LogP contribution in [0, 0.1) is 0 Å². The van der Waals surface area contributed by atoms with E-state index in [9.17, 15) is 4.79 Å². The Hall–Kier alpha value is -2.17. The predicted molar refractivity (Wildman–Crippen MR) is 68.6 cm³/mol. The highest BCUT2D eigenvalue weighted by Crippen LogP contribution is 2.08. The van der Waals surface area contributed by atoms with Gasteiger partial charge in [0.2, 0.25) is 0 Å². The van der Waals surface area contributed by atoms with Gasteiger partial charge in [0.25, 0.3) is 5.91 Å². The Morgan fingerprint density at radius 3 is 2.67 bits per heavy atom. The third-order valence-corrected chi connectivity index (χ3v) is 2.80. The molecule has 1 aromatic heterocycles. The van der Waals surface area contributed by atoms with Crippen LogP contribution in [0.1, 0.15) is 30.6 Å². The minimum atomic E-state index is -0.0468. The van der Waals surface area contributed by atoms with E-state index >= 15 is 0 Å². The fourth-order valence-electron chi connectivity index (χ4n) is 1.52. The maximum absolute atomic E-state index is 11.9. The summed E-state index contributed by atoms with van der Waals surface area (Å²) in [6.07, 6.45) is 4.01. The van der Waals surface area contributed by atoms with Crippen LogP contribution in [-0.2, 0) is 0 Å². The number of nitrogens with zero attached hydrogens (tertiary/aromatic N) is 3. The van der Waals surface area contributed by atoms with Crippen molar-refractivity contribution in [3.05, 3.63) is 42.5 Å². The molecule has 0 bridgehead atoms. The summed E-state index contributed by atoms with van der Waals surface area (Å²) in [5, 5.41) is 6.95. The van der Waals surface area contributed by atoms with Gasteiger partial charge in [-0.25, -0.2) is 9.67 Å². The highest BCUT2D eigenvalue weighted by Gasteiger charge is 2.08. The molecule has 0 saturated carbocycles. The van der Waals surface area contributed by atoms with Gasteiger partial charge in [0, 0.05) is 11.6 Å². The van der Waals surface area contributed by atoms with Gasteiger partial charge in [0.1, 0.15) is 12.7 Å². The normalized spacial score (nSPS) is 12.1. The third-order valence-electron chi connectivity index (χ3n) is 2.80. The molecule has 5 heteroatoms. The first-order valence-electron chi connectivity index (χ1n) is 5.96. The van der Waals surface area contributed by atoms with Crippen molar-refractivity contribution in [2.24, 2.45) is 0 Å². The van der Waals surface area contributed by atoms with Gasteiger partial charge in [-0.05, 0) is 37.6 Å². The molecule has 1 aromatic carbocycles. The van der Waals surface area contributed by atoms with Crippen molar-refractivity contribution < 1.29 is 4.79 Å². The number of benzene rings is 1. The summed E-state index contributed by atoms with van der Waals surface area (Å²) in [5.41, 5.74) is 1.53. The lowest BCUT2D eigenvalue weighted by molar-refractivity contribution is 0.0939. The van der Waals surface area contributed by atoms with E-state index in [0.29, 0.717) is 5.56 Å². The number of rotatable bonds is 4. The average molecular weight is 244 g/mol. The van der Waals surface area contributed by atoms with Gasteiger partial charge >= 0.3 is 0 Å². The van der Waals surface area contributed by atoms with Gasteiger partial charge in [-0.2, -0.15) is 5.10 Å². The number of nitrogens with one attached hydrogen (secondary N) is 1. The zero-order valence-electron chi connectivity index (χ0n) is 10.5. The molecule has 1 amide bonds. The quantitative estimate of drug-likeness (QED) is 0.892. The third kappa shape index (κ3) is 2.74. The van der Waals surface area contributed by atoms with Crippen molar-refractivity contribution in [1.29, 1.82) is 0 Å². The minimum Gasteiger partial charge on any atom is -0.350 e. The molecule has 1 heterocycles. The monoisotopic (exact) mass is 244 g/mol. The first kappa shape index (κ1) is 12.3. The fourth-order valence-corrected chi connectivity index (χ4v) is 1.52. The summed E-state index contributed by atoms with van der Waals surface area (Å²) in [6, 6.07) is 7.46. The van der Waals surface area contributed by atoms with Crippen LogP contribution in [0.5, 0.6) is 0 Å². The molecule has 0 aliphatic carbocycles. The largest absolute Gasteiger partial charge is 0.350 e. The van der Waals surface area contributed by atoms with Gasteiger partial charge in [-0.3, -0.25) is 4.79 Å². The molecule has 0 unspecified atom stereocenters. The van der Waals surface area contributed by atoms with Crippen molar-refractivity contribution in [2.75, 3.05) is 0 Å². The summed E-state index contributed by atoms with van der Waals surface area (Å²) in [5.74, 6) is -0.0468. The van der Waals surface area contributed by atoms with Crippen molar-refractivity contribution in [3.63, 3.8) is 0 Å². The summed E-state index contributed by atoms with van der Waals surface area (Å²) >= 11 is 0. The van der Waals surface area contributed by atoms with E-state index in [1.54, 1.807) is 23.1 Å². The van der Waals surface area contributed by atoms with Gasteiger partial charge in [-0.15, -0.1) is 0 Å². The van der Waals surface area contributed by atoms with E-state index in [2.05, 4.69) is 15.4 Å². The van der Waals surface area contributed by atoms with Crippen molar-refractivity contribution in [1.82, 2.24) is 20.1 Å². The topological polar surface area (TPSA) is 59.8 Å².